The molecule has 0 radical (unpaired) electrons. The van der Waals surface area contributed by atoms with E-state index in [0.29, 0.717) is 5.84 Å². The van der Waals surface area contributed by atoms with Crippen LogP contribution >= 0.6 is 0 Å². The fourth-order valence-electron chi connectivity index (χ4n) is 1.36. The Morgan fingerprint density at radius 2 is 1.92 bits per heavy atom. The third-order valence-corrected chi connectivity index (χ3v) is 2.22. The first-order valence-electron chi connectivity index (χ1n) is 4.38. The number of amidine groups is 1. The molecule has 2 nitrogen and oxygen atoms in total. The first-order valence-corrected chi connectivity index (χ1v) is 4.38. The largest absolute Gasteiger partial charge is 0.333 e. The lowest BCUT2D eigenvalue weighted by Crippen LogP contribution is -2.22. The highest BCUT2D eigenvalue weighted by Gasteiger charge is 2.05. The van der Waals surface area contributed by atoms with E-state index in [9.17, 15) is 0 Å². The summed E-state index contributed by atoms with van der Waals surface area (Å²) in [6.45, 7) is 5.94. The predicted octanol–water partition coefficient (Wildman–Crippen LogP) is 2.74. The van der Waals surface area contributed by atoms with Gasteiger partial charge in [0.05, 0.1) is 5.84 Å². The van der Waals surface area contributed by atoms with Crippen molar-refractivity contribution in [2.24, 2.45) is 0 Å². The van der Waals surface area contributed by atoms with Gasteiger partial charge in [-0.25, -0.2) is 0 Å². The lowest BCUT2D eigenvalue weighted by molar-refractivity contribution is 1.18. The van der Waals surface area contributed by atoms with Gasteiger partial charge in [-0.1, -0.05) is 17.7 Å². The average Bonchev–Trinajstić information content (AvgIpc) is 2.03. The van der Waals surface area contributed by atoms with Crippen molar-refractivity contribution in [1.29, 1.82) is 5.41 Å². The van der Waals surface area contributed by atoms with E-state index < -0.39 is 0 Å². The van der Waals surface area contributed by atoms with E-state index in [2.05, 4.69) is 32.0 Å². The number of aryl methyl sites for hydroxylation is 2. The van der Waals surface area contributed by atoms with Crippen molar-refractivity contribution in [3.63, 3.8) is 0 Å². The summed E-state index contributed by atoms with van der Waals surface area (Å²) < 4.78 is 0. The minimum atomic E-state index is 0.562. The number of nitrogens with zero attached hydrogens (tertiary/aromatic N) is 1. The molecule has 0 heterocycles. The third kappa shape index (κ3) is 2.08. The van der Waals surface area contributed by atoms with E-state index >= 15 is 0 Å². The summed E-state index contributed by atoms with van der Waals surface area (Å²) >= 11 is 0. The van der Waals surface area contributed by atoms with Gasteiger partial charge in [0, 0.05) is 12.7 Å². The Morgan fingerprint density at radius 3 is 2.38 bits per heavy atom. The van der Waals surface area contributed by atoms with Crippen LogP contribution in [0.4, 0.5) is 5.69 Å². The molecule has 0 aliphatic heterocycles. The summed E-state index contributed by atoms with van der Waals surface area (Å²) in [5, 5.41) is 7.51. The first-order chi connectivity index (χ1) is 6.02. The SMILES string of the molecule is CC(=N)N(C)c1ccc(C)cc1C. The number of nitrogens with one attached hydrogen (secondary N) is 1. The molecule has 1 aromatic carbocycles. The number of benzene rings is 1. The predicted molar refractivity (Wildman–Crippen MR) is 57.7 cm³/mol. The molecule has 2 heteroatoms. The van der Waals surface area contributed by atoms with Gasteiger partial charge in [0.2, 0.25) is 0 Å². The maximum Gasteiger partial charge on any atom is 0.0968 e. The molecule has 0 atom stereocenters. The van der Waals surface area contributed by atoms with E-state index in [4.69, 9.17) is 5.41 Å². The van der Waals surface area contributed by atoms with Crippen LogP contribution in [0.1, 0.15) is 18.1 Å². The second kappa shape index (κ2) is 3.60. The van der Waals surface area contributed by atoms with E-state index in [1.165, 1.54) is 11.1 Å². The number of rotatable bonds is 1. The van der Waals surface area contributed by atoms with Gasteiger partial charge in [0.25, 0.3) is 0 Å². The van der Waals surface area contributed by atoms with Crippen molar-refractivity contribution in [2.75, 3.05) is 11.9 Å². The van der Waals surface area contributed by atoms with Gasteiger partial charge in [0.15, 0.2) is 0 Å². The Bertz CT molecular complexity index is 329. The molecule has 0 amide bonds. The van der Waals surface area contributed by atoms with E-state index in [1.807, 2.05) is 11.9 Å². The van der Waals surface area contributed by atoms with Gasteiger partial charge in [-0.15, -0.1) is 0 Å². The first kappa shape index (κ1) is 9.78. The molecule has 0 bridgehead atoms. The molecule has 1 N–H and O–H groups in total. The van der Waals surface area contributed by atoms with Gasteiger partial charge >= 0.3 is 0 Å². The lowest BCUT2D eigenvalue weighted by atomic mass is 10.1. The maximum atomic E-state index is 7.51. The molecule has 0 spiro atoms. The van der Waals surface area contributed by atoms with Crippen molar-refractivity contribution in [2.45, 2.75) is 20.8 Å². The van der Waals surface area contributed by atoms with E-state index in [0.717, 1.165) is 5.69 Å². The summed E-state index contributed by atoms with van der Waals surface area (Å²) in [5.74, 6) is 0.562. The molecule has 1 rings (SSSR count). The van der Waals surface area contributed by atoms with E-state index in [-0.39, 0.29) is 0 Å². The molecular formula is C11H16N2. The van der Waals surface area contributed by atoms with Gasteiger partial charge in [0.1, 0.15) is 0 Å². The zero-order chi connectivity index (χ0) is 10.0. The molecule has 1 aromatic rings. The van der Waals surface area contributed by atoms with E-state index in [1.54, 1.807) is 6.92 Å². The Kier molecular flexibility index (Phi) is 2.71. The Labute approximate surface area is 79.7 Å². The zero-order valence-corrected chi connectivity index (χ0v) is 8.68. The maximum absolute atomic E-state index is 7.51. The van der Waals surface area contributed by atoms with Crippen molar-refractivity contribution >= 4 is 11.5 Å². The summed E-state index contributed by atoms with van der Waals surface area (Å²) in [6, 6.07) is 6.26. The van der Waals surface area contributed by atoms with Crippen LogP contribution in [-0.4, -0.2) is 12.9 Å². The van der Waals surface area contributed by atoms with Gasteiger partial charge in [-0.05, 0) is 32.4 Å². The monoisotopic (exact) mass is 176 g/mol. The molecule has 70 valence electrons. The molecule has 13 heavy (non-hydrogen) atoms. The highest BCUT2D eigenvalue weighted by atomic mass is 15.1. The molecule has 0 unspecified atom stereocenters. The van der Waals surface area contributed by atoms with Crippen molar-refractivity contribution in [3.05, 3.63) is 29.3 Å². The van der Waals surface area contributed by atoms with Crippen LogP contribution in [0.2, 0.25) is 0 Å². The average molecular weight is 176 g/mol. The van der Waals surface area contributed by atoms with Crippen LogP contribution < -0.4 is 4.90 Å². The molecular weight excluding hydrogens is 160 g/mol. The summed E-state index contributed by atoms with van der Waals surface area (Å²) in [7, 11) is 1.92. The minimum absolute atomic E-state index is 0.562. The number of anilines is 1. The summed E-state index contributed by atoms with van der Waals surface area (Å²) in [5.41, 5.74) is 3.59. The van der Waals surface area contributed by atoms with Crippen LogP contribution in [0.15, 0.2) is 18.2 Å². The van der Waals surface area contributed by atoms with Gasteiger partial charge in [-0.2, -0.15) is 0 Å². The summed E-state index contributed by atoms with van der Waals surface area (Å²) in [4.78, 5) is 1.88. The smallest absolute Gasteiger partial charge is 0.0968 e. The molecule has 0 saturated heterocycles. The van der Waals surface area contributed by atoms with Crippen LogP contribution in [-0.2, 0) is 0 Å². The molecule has 0 aliphatic carbocycles. The lowest BCUT2D eigenvalue weighted by Gasteiger charge is -2.19. The van der Waals surface area contributed by atoms with Gasteiger partial charge < -0.3 is 4.90 Å². The molecule has 0 aliphatic rings. The zero-order valence-electron chi connectivity index (χ0n) is 8.68. The highest BCUT2D eigenvalue weighted by molar-refractivity contribution is 5.93. The fourth-order valence-corrected chi connectivity index (χ4v) is 1.36. The minimum Gasteiger partial charge on any atom is -0.333 e. The van der Waals surface area contributed by atoms with Gasteiger partial charge in [-0.3, -0.25) is 5.41 Å². The third-order valence-electron chi connectivity index (χ3n) is 2.22. The Balaban J connectivity index is 3.08. The Morgan fingerprint density at radius 1 is 1.31 bits per heavy atom. The van der Waals surface area contributed by atoms with Crippen molar-refractivity contribution in [1.82, 2.24) is 0 Å². The van der Waals surface area contributed by atoms with Crippen molar-refractivity contribution in [3.8, 4) is 0 Å². The Hall–Kier alpha value is -1.31. The van der Waals surface area contributed by atoms with Crippen LogP contribution in [0, 0.1) is 19.3 Å². The highest BCUT2D eigenvalue weighted by Crippen LogP contribution is 2.19. The second-order valence-electron chi connectivity index (χ2n) is 3.43. The normalized spacial score (nSPS) is 9.85. The second-order valence-corrected chi connectivity index (χ2v) is 3.43. The topological polar surface area (TPSA) is 27.1 Å². The molecule has 0 fully saturated rings. The molecule has 0 saturated carbocycles. The number of hydrogen-bond acceptors (Lipinski definition) is 1. The van der Waals surface area contributed by atoms with Crippen LogP contribution in [0.3, 0.4) is 0 Å². The van der Waals surface area contributed by atoms with Crippen molar-refractivity contribution < 1.29 is 0 Å². The summed E-state index contributed by atoms with van der Waals surface area (Å²) in [6.07, 6.45) is 0. The quantitative estimate of drug-likeness (QED) is 0.517. The fraction of sp³-hybridized carbons (Fsp3) is 0.364. The molecule has 0 aromatic heterocycles. The standard InChI is InChI=1S/C11H16N2/c1-8-5-6-11(9(2)7-8)13(4)10(3)12/h5-7,12H,1-4H3. The van der Waals surface area contributed by atoms with Crippen LogP contribution in [0.25, 0.3) is 0 Å². The number of hydrogen-bond donors (Lipinski definition) is 1. The van der Waals surface area contributed by atoms with Crippen LogP contribution in [0.5, 0.6) is 0 Å².